The smallest absolute Gasteiger partial charge is 0.225 e. The summed E-state index contributed by atoms with van der Waals surface area (Å²) in [5, 5.41) is 7.93. The molecule has 0 saturated carbocycles. The van der Waals surface area contributed by atoms with E-state index in [4.69, 9.17) is 0 Å². The summed E-state index contributed by atoms with van der Waals surface area (Å²) >= 11 is 0. The Labute approximate surface area is 137 Å². The molecular weight excluding hydrogens is 288 g/mol. The summed E-state index contributed by atoms with van der Waals surface area (Å²) < 4.78 is 2.01. The van der Waals surface area contributed by atoms with E-state index < -0.39 is 0 Å². The monoisotopic (exact) mass is 314 g/mol. The van der Waals surface area contributed by atoms with E-state index in [1.807, 2.05) is 23.3 Å². The zero-order chi connectivity index (χ0) is 16.2. The zero-order valence-corrected chi connectivity index (χ0v) is 14.2. The first kappa shape index (κ1) is 15.9. The van der Waals surface area contributed by atoms with Gasteiger partial charge in [-0.25, -0.2) is 9.97 Å². The van der Waals surface area contributed by atoms with Crippen LogP contribution >= 0.6 is 0 Å². The van der Waals surface area contributed by atoms with Crippen molar-refractivity contribution in [1.29, 1.82) is 0 Å². The molecule has 0 aliphatic carbocycles. The van der Waals surface area contributed by atoms with E-state index in [9.17, 15) is 0 Å². The van der Waals surface area contributed by atoms with E-state index in [0.29, 0.717) is 12.1 Å². The summed E-state index contributed by atoms with van der Waals surface area (Å²) in [6.45, 7) is 9.35. The van der Waals surface area contributed by atoms with Crippen LogP contribution in [0, 0.1) is 6.92 Å². The average Bonchev–Trinajstić information content (AvgIpc) is 3.24. The highest BCUT2D eigenvalue weighted by atomic mass is 15.3. The molecule has 1 saturated heterocycles. The minimum Gasteiger partial charge on any atom is -0.341 e. The number of hydrogen-bond donors (Lipinski definition) is 1. The maximum atomic E-state index is 4.50. The fourth-order valence-corrected chi connectivity index (χ4v) is 2.85. The molecule has 2 atom stereocenters. The topological polar surface area (TPSA) is 58.9 Å². The first-order valence-corrected chi connectivity index (χ1v) is 8.43. The highest BCUT2D eigenvalue weighted by Gasteiger charge is 2.16. The van der Waals surface area contributed by atoms with Crippen molar-refractivity contribution in [1.82, 2.24) is 25.1 Å². The van der Waals surface area contributed by atoms with Crippen LogP contribution in [0.1, 0.15) is 43.9 Å². The second-order valence-electron chi connectivity index (χ2n) is 6.49. The Morgan fingerprint density at radius 2 is 1.83 bits per heavy atom. The Bertz CT molecular complexity index is 614. The SMILES string of the molecule is Cc1cnn([C@H](C)[C@@H](C)NCc2cnc(N3CCCC3)nc2)c1. The summed E-state index contributed by atoms with van der Waals surface area (Å²) in [5.74, 6) is 0.861. The number of nitrogens with zero attached hydrogens (tertiary/aromatic N) is 5. The number of aryl methyl sites for hydroxylation is 1. The van der Waals surface area contributed by atoms with Gasteiger partial charge in [-0.15, -0.1) is 0 Å². The normalized spacial score (nSPS) is 17.4. The molecule has 0 aromatic carbocycles. The van der Waals surface area contributed by atoms with Crippen molar-refractivity contribution < 1.29 is 0 Å². The van der Waals surface area contributed by atoms with Crippen LogP contribution < -0.4 is 10.2 Å². The molecule has 1 N–H and O–H groups in total. The molecule has 1 aliphatic heterocycles. The van der Waals surface area contributed by atoms with Gasteiger partial charge in [-0.05, 0) is 39.2 Å². The van der Waals surface area contributed by atoms with Crippen LogP contribution in [0.5, 0.6) is 0 Å². The quantitative estimate of drug-likeness (QED) is 0.887. The van der Waals surface area contributed by atoms with Gasteiger partial charge in [-0.1, -0.05) is 0 Å². The second-order valence-corrected chi connectivity index (χ2v) is 6.49. The fourth-order valence-electron chi connectivity index (χ4n) is 2.85. The summed E-state index contributed by atoms with van der Waals surface area (Å²) in [7, 11) is 0. The first-order chi connectivity index (χ1) is 11.1. The van der Waals surface area contributed by atoms with Gasteiger partial charge >= 0.3 is 0 Å². The lowest BCUT2D eigenvalue weighted by Crippen LogP contribution is -2.33. The molecule has 1 fully saturated rings. The lowest BCUT2D eigenvalue weighted by Gasteiger charge is -2.22. The summed E-state index contributed by atoms with van der Waals surface area (Å²) in [6, 6.07) is 0.612. The Morgan fingerprint density at radius 1 is 1.13 bits per heavy atom. The third-order valence-corrected chi connectivity index (χ3v) is 4.58. The van der Waals surface area contributed by atoms with Gasteiger partial charge in [0.15, 0.2) is 0 Å². The summed E-state index contributed by atoms with van der Waals surface area (Å²) in [4.78, 5) is 11.3. The minimum absolute atomic E-state index is 0.300. The number of aromatic nitrogens is 4. The van der Waals surface area contributed by atoms with Crippen molar-refractivity contribution in [3.63, 3.8) is 0 Å². The maximum absolute atomic E-state index is 4.50. The molecule has 2 aromatic heterocycles. The van der Waals surface area contributed by atoms with Crippen molar-refractivity contribution >= 4 is 5.95 Å². The van der Waals surface area contributed by atoms with Crippen LogP contribution in [-0.4, -0.2) is 38.9 Å². The first-order valence-electron chi connectivity index (χ1n) is 8.43. The Balaban J connectivity index is 1.53. The number of nitrogens with one attached hydrogen (secondary N) is 1. The molecular formula is C17H26N6. The highest BCUT2D eigenvalue weighted by Crippen LogP contribution is 2.15. The molecule has 6 heteroatoms. The predicted octanol–water partition coefficient (Wildman–Crippen LogP) is 2.32. The van der Waals surface area contributed by atoms with Crippen LogP contribution in [0.15, 0.2) is 24.8 Å². The van der Waals surface area contributed by atoms with Gasteiger partial charge in [0, 0.05) is 49.8 Å². The standard InChI is InChI=1S/C17H26N6/c1-13-8-21-23(12-13)15(3)14(2)18-9-16-10-19-17(20-11-16)22-6-4-5-7-22/h8,10-12,14-15,18H,4-7,9H2,1-3H3/t14-,15-/m1/s1. The van der Waals surface area contributed by atoms with Crippen molar-refractivity contribution in [2.45, 2.75) is 52.2 Å². The van der Waals surface area contributed by atoms with Crippen LogP contribution in [0.4, 0.5) is 5.95 Å². The number of rotatable bonds is 6. The lowest BCUT2D eigenvalue weighted by molar-refractivity contribution is 0.364. The van der Waals surface area contributed by atoms with Gasteiger partial charge in [-0.2, -0.15) is 5.10 Å². The van der Waals surface area contributed by atoms with Gasteiger partial charge in [0.25, 0.3) is 0 Å². The van der Waals surface area contributed by atoms with Crippen LogP contribution in [0.25, 0.3) is 0 Å². The van der Waals surface area contributed by atoms with E-state index >= 15 is 0 Å². The van der Waals surface area contributed by atoms with Crippen LogP contribution in [0.2, 0.25) is 0 Å². The van der Waals surface area contributed by atoms with Crippen molar-refractivity contribution in [2.24, 2.45) is 0 Å². The number of anilines is 1. The second kappa shape index (κ2) is 7.08. The van der Waals surface area contributed by atoms with Gasteiger partial charge in [0.2, 0.25) is 5.95 Å². The largest absolute Gasteiger partial charge is 0.341 e. The molecule has 23 heavy (non-hydrogen) atoms. The van der Waals surface area contributed by atoms with Gasteiger partial charge in [0.05, 0.1) is 12.2 Å². The maximum Gasteiger partial charge on any atom is 0.225 e. The molecule has 0 unspecified atom stereocenters. The predicted molar refractivity (Wildman–Crippen MR) is 91.5 cm³/mol. The van der Waals surface area contributed by atoms with Crippen LogP contribution in [-0.2, 0) is 6.54 Å². The molecule has 3 heterocycles. The molecule has 3 rings (SSSR count). The molecule has 0 bridgehead atoms. The Morgan fingerprint density at radius 3 is 2.43 bits per heavy atom. The third-order valence-electron chi connectivity index (χ3n) is 4.58. The molecule has 0 amide bonds. The van der Waals surface area contributed by atoms with Gasteiger partial charge in [-0.3, -0.25) is 4.68 Å². The van der Waals surface area contributed by atoms with Gasteiger partial charge in [0.1, 0.15) is 0 Å². The average molecular weight is 314 g/mol. The van der Waals surface area contributed by atoms with Gasteiger partial charge < -0.3 is 10.2 Å². The van der Waals surface area contributed by atoms with E-state index in [0.717, 1.165) is 31.1 Å². The summed E-state index contributed by atoms with van der Waals surface area (Å²) in [6.07, 6.45) is 10.3. The highest BCUT2D eigenvalue weighted by molar-refractivity contribution is 5.30. The molecule has 0 spiro atoms. The minimum atomic E-state index is 0.300. The van der Waals surface area contributed by atoms with E-state index in [-0.39, 0.29) is 0 Å². The fraction of sp³-hybridized carbons (Fsp3) is 0.588. The Kier molecular flexibility index (Phi) is 4.91. The third kappa shape index (κ3) is 3.88. The molecule has 0 radical (unpaired) electrons. The Hall–Kier alpha value is -1.95. The molecule has 124 valence electrons. The molecule has 2 aromatic rings. The number of hydrogen-bond acceptors (Lipinski definition) is 5. The van der Waals surface area contributed by atoms with E-state index in [2.05, 4.69) is 52.3 Å². The summed E-state index contributed by atoms with van der Waals surface area (Å²) in [5.41, 5.74) is 2.30. The van der Waals surface area contributed by atoms with Crippen molar-refractivity contribution in [3.05, 3.63) is 35.9 Å². The lowest BCUT2D eigenvalue weighted by atomic mass is 10.1. The van der Waals surface area contributed by atoms with Crippen LogP contribution in [0.3, 0.4) is 0 Å². The van der Waals surface area contributed by atoms with Crippen molar-refractivity contribution in [2.75, 3.05) is 18.0 Å². The zero-order valence-electron chi connectivity index (χ0n) is 14.2. The molecule has 6 nitrogen and oxygen atoms in total. The molecule has 1 aliphatic rings. The van der Waals surface area contributed by atoms with E-state index in [1.54, 1.807) is 0 Å². The van der Waals surface area contributed by atoms with Crippen molar-refractivity contribution in [3.8, 4) is 0 Å². The van der Waals surface area contributed by atoms with E-state index in [1.165, 1.54) is 18.4 Å².